The van der Waals surface area contributed by atoms with Gasteiger partial charge in [0, 0.05) is 6.54 Å². The highest BCUT2D eigenvalue weighted by Gasteiger charge is 2.26. The van der Waals surface area contributed by atoms with Gasteiger partial charge in [-0.15, -0.1) is 0 Å². The zero-order valence-corrected chi connectivity index (χ0v) is 11.4. The van der Waals surface area contributed by atoms with Crippen LogP contribution in [0.2, 0.25) is 0 Å². The molecule has 94 valence electrons. The van der Waals surface area contributed by atoms with Gasteiger partial charge in [0.15, 0.2) is 0 Å². The SMILES string of the molecule is CC1CCC(CNS(=O)(=O)C(C)C(N)=S)C1. The van der Waals surface area contributed by atoms with Crippen molar-refractivity contribution in [3.8, 4) is 0 Å². The molecule has 16 heavy (non-hydrogen) atoms. The normalized spacial score (nSPS) is 27.9. The van der Waals surface area contributed by atoms with Gasteiger partial charge in [0.2, 0.25) is 10.0 Å². The van der Waals surface area contributed by atoms with Crippen LogP contribution in [0.3, 0.4) is 0 Å². The molecule has 1 fully saturated rings. The molecule has 1 aliphatic carbocycles. The smallest absolute Gasteiger partial charge is 0.220 e. The summed E-state index contributed by atoms with van der Waals surface area (Å²) in [6.45, 7) is 4.23. The van der Waals surface area contributed by atoms with E-state index in [9.17, 15) is 8.42 Å². The summed E-state index contributed by atoms with van der Waals surface area (Å²) < 4.78 is 26.1. The van der Waals surface area contributed by atoms with Crippen molar-refractivity contribution in [2.45, 2.75) is 38.4 Å². The van der Waals surface area contributed by atoms with Crippen molar-refractivity contribution >= 4 is 27.2 Å². The fourth-order valence-electron chi connectivity index (χ4n) is 2.02. The first-order valence-corrected chi connectivity index (χ1v) is 7.56. The monoisotopic (exact) mass is 264 g/mol. The summed E-state index contributed by atoms with van der Waals surface area (Å²) in [5.74, 6) is 1.17. The first-order chi connectivity index (χ1) is 7.33. The molecule has 6 heteroatoms. The predicted octanol–water partition coefficient (Wildman–Crippen LogP) is 1.02. The van der Waals surface area contributed by atoms with Crippen molar-refractivity contribution in [1.29, 1.82) is 0 Å². The van der Waals surface area contributed by atoms with Crippen molar-refractivity contribution in [2.24, 2.45) is 17.6 Å². The van der Waals surface area contributed by atoms with E-state index in [1.807, 2.05) is 0 Å². The second-order valence-corrected chi connectivity index (χ2v) is 7.28. The summed E-state index contributed by atoms with van der Waals surface area (Å²) in [4.78, 5) is 0.0206. The predicted molar refractivity (Wildman–Crippen MR) is 69.7 cm³/mol. The number of hydrogen-bond donors (Lipinski definition) is 2. The maximum absolute atomic E-state index is 11.7. The van der Waals surface area contributed by atoms with E-state index in [0.29, 0.717) is 18.4 Å². The third-order valence-corrected chi connectivity index (χ3v) is 5.50. The van der Waals surface area contributed by atoms with Crippen LogP contribution in [0.15, 0.2) is 0 Å². The summed E-state index contributed by atoms with van der Waals surface area (Å²) >= 11 is 4.69. The van der Waals surface area contributed by atoms with Crippen LogP contribution in [0.25, 0.3) is 0 Å². The average Bonchev–Trinajstić information content (AvgIpc) is 2.60. The number of thiocarbonyl (C=S) groups is 1. The molecule has 3 N–H and O–H groups in total. The lowest BCUT2D eigenvalue weighted by molar-refractivity contribution is 0.497. The van der Waals surface area contributed by atoms with Crippen LogP contribution in [0, 0.1) is 11.8 Å². The van der Waals surface area contributed by atoms with Gasteiger partial charge in [-0.2, -0.15) is 0 Å². The van der Waals surface area contributed by atoms with Crippen molar-refractivity contribution < 1.29 is 8.42 Å². The summed E-state index contributed by atoms with van der Waals surface area (Å²) in [7, 11) is -3.38. The van der Waals surface area contributed by atoms with E-state index in [2.05, 4.69) is 11.6 Å². The van der Waals surface area contributed by atoms with Crippen LogP contribution in [0.1, 0.15) is 33.1 Å². The Balaban J connectivity index is 2.45. The van der Waals surface area contributed by atoms with E-state index in [-0.39, 0.29) is 4.99 Å². The molecular weight excluding hydrogens is 244 g/mol. The van der Waals surface area contributed by atoms with Crippen LogP contribution >= 0.6 is 12.2 Å². The molecule has 0 spiro atoms. The van der Waals surface area contributed by atoms with E-state index in [1.54, 1.807) is 0 Å². The molecule has 0 aromatic rings. The van der Waals surface area contributed by atoms with Gasteiger partial charge in [-0.3, -0.25) is 0 Å². The highest BCUT2D eigenvalue weighted by Crippen LogP contribution is 2.29. The molecule has 3 atom stereocenters. The quantitative estimate of drug-likeness (QED) is 0.727. The van der Waals surface area contributed by atoms with Crippen LogP contribution in [-0.2, 0) is 10.0 Å². The lowest BCUT2D eigenvalue weighted by Crippen LogP contribution is -2.41. The summed E-state index contributed by atoms with van der Waals surface area (Å²) in [5, 5.41) is -0.790. The maximum Gasteiger partial charge on any atom is 0.220 e. The summed E-state index contributed by atoms with van der Waals surface area (Å²) in [6, 6.07) is 0. The second kappa shape index (κ2) is 5.42. The van der Waals surface area contributed by atoms with Crippen LogP contribution in [-0.4, -0.2) is 25.2 Å². The third-order valence-electron chi connectivity index (χ3n) is 3.24. The zero-order chi connectivity index (χ0) is 12.3. The minimum atomic E-state index is -3.38. The van der Waals surface area contributed by atoms with Gasteiger partial charge in [0.1, 0.15) is 5.25 Å². The number of sulfonamides is 1. The van der Waals surface area contributed by atoms with E-state index in [0.717, 1.165) is 12.8 Å². The Hall–Kier alpha value is -0.200. The van der Waals surface area contributed by atoms with Gasteiger partial charge in [0.05, 0.1) is 4.99 Å². The lowest BCUT2D eigenvalue weighted by Gasteiger charge is -2.15. The molecule has 0 radical (unpaired) electrons. The number of nitrogens with one attached hydrogen (secondary N) is 1. The van der Waals surface area contributed by atoms with Gasteiger partial charge in [-0.05, 0) is 31.6 Å². The van der Waals surface area contributed by atoms with E-state index >= 15 is 0 Å². The van der Waals surface area contributed by atoms with Crippen molar-refractivity contribution in [1.82, 2.24) is 4.72 Å². The Labute approximate surface area is 103 Å². The van der Waals surface area contributed by atoms with Gasteiger partial charge < -0.3 is 5.73 Å². The molecule has 1 saturated carbocycles. The summed E-state index contributed by atoms with van der Waals surface area (Å²) in [5.41, 5.74) is 5.34. The van der Waals surface area contributed by atoms with Crippen LogP contribution in [0.5, 0.6) is 0 Å². The molecule has 0 bridgehead atoms. The first kappa shape index (κ1) is 13.9. The van der Waals surface area contributed by atoms with E-state index in [4.69, 9.17) is 18.0 Å². The zero-order valence-electron chi connectivity index (χ0n) is 9.77. The van der Waals surface area contributed by atoms with Gasteiger partial charge in [-0.25, -0.2) is 13.1 Å². The minimum Gasteiger partial charge on any atom is -0.392 e. The van der Waals surface area contributed by atoms with Gasteiger partial charge in [-0.1, -0.05) is 25.6 Å². The highest BCUT2D eigenvalue weighted by atomic mass is 32.2. The first-order valence-electron chi connectivity index (χ1n) is 5.60. The van der Waals surface area contributed by atoms with Crippen molar-refractivity contribution in [3.05, 3.63) is 0 Å². The Morgan fingerprint density at radius 2 is 2.19 bits per heavy atom. The average molecular weight is 264 g/mol. The van der Waals surface area contributed by atoms with E-state index < -0.39 is 15.3 Å². The Morgan fingerprint density at radius 1 is 1.56 bits per heavy atom. The Morgan fingerprint density at radius 3 is 2.62 bits per heavy atom. The standard InChI is InChI=1S/C10H20N2O2S2/c1-7-3-4-9(5-7)6-12-16(13,14)8(2)10(11)15/h7-9,12H,3-6H2,1-2H3,(H2,11,15). The van der Waals surface area contributed by atoms with Crippen LogP contribution in [0.4, 0.5) is 0 Å². The Kier molecular flexibility index (Phi) is 4.70. The molecule has 1 aliphatic rings. The topological polar surface area (TPSA) is 72.2 Å². The fourth-order valence-corrected chi connectivity index (χ4v) is 3.43. The molecular formula is C10H20N2O2S2. The second-order valence-electron chi connectivity index (χ2n) is 4.72. The highest BCUT2D eigenvalue weighted by molar-refractivity contribution is 7.93. The van der Waals surface area contributed by atoms with Gasteiger partial charge >= 0.3 is 0 Å². The maximum atomic E-state index is 11.7. The molecule has 0 heterocycles. The molecule has 3 unspecified atom stereocenters. The molecule has 0 saturated heterocycles. The Bertz CT molecular complexity index is 354. The van der Waals surface area contributed by atoms with Crippen LogP contribution < -0.4 is 10.5 Å². The number of rotatable bonds is 5. The van der Waals surface area contributed by atoms with Gasteiger partial charge in [0.25, 0.3) is 0 Å². The van der Waals surface area contributed by atoms with Crippen molar-refractivity contribution in [3.63, 3.8) is 0 Å². The molecule has 0 amide bonds. The fraction of sp³-hybridized carbons (Fsp3) is 0.900. The molecule has 0 aliphatic heterocycles. The molecule has 0 aromatic heterocycles. The number of hydrogen-bond acceptors (Lipinski definition) is 3. The third kappa shape index (κ3) is 3.68. The molecule has 1 rings (SSSR count). The van der Waals surface area contributed by atoms with Crippen molar-refractivity contribution in [2.75, 3.05) is 6.54 Å². The summed E-state index contributed by atoms with van der Waals surface area (Å²) in [6.07, 6.45) is 3.40. The van der Waals surface area contributed by atoms with E-state index in [1.165, 1.54) is 13.3 Å². The lowest BCUT2D eigenvalue weighted by atomic mass is 10.1. The molecule has 0 aromatic carbocycles. The number of nitrogens with two attached hydrogens (primary N) is 1. The molecule has 4 nitrogen and oxygen atoms in total. The minimum absolute atomic E-state index is 0.0206. The largest absolute Gasteiger partial charge is 0.392 e.